The fraction of sp³-hybridized carbons (Fsp3) is 0.588. The Morgan fingerprint density at radius 3 is 2.62 bits per heavy atom. The number of hydrogen-bond acceptors (Lipinski definition) is 6. The summed E-state index contributed by atoms with van der Waals surface area (Å²) in [7, 11) is -3.67. The molecule has 1 aromatic carbocycles. The second-order valence-corrected chi connectivity index (χ2v) is 8.27. The summed E-state index contributed by atoms with van der Waals surface area (Å²) >= 11 is 0. The molecule has 8 nitrogen and oxygen atoms in total. The van der Waals surface area contributed by atoms with Crippen molar-refractivity contribution in [1.29, 1.82) is 0 Å². The maximum atomic E-state index is 12.6. The van der Waals surface area contributed by atoms with Crippen LogP contribution in [0, 0.1) is 0 Å². The molecule has 0 atom stereocenters. The molecule has 0 spiro atoms. The highest BCUT2D eigenvalue weighted by Gasteiger charge is 2.36. The van der Waals surface area contributed by atoms with Crippen LogP contribution in [0.5, 0.6) is 11.5 Å². The van der Waals surface area contributed by atoms with Gasteiger partial charge in [0.05, 0.1) is 24.7 Å². The molecule has 2 N–H and O–H groups in total. The molecule has 0 unspecified atom stereocenters. The second-order valence-electron chi connectivity index (χ2n) is 6.56. The van der Waals surface area contributed by atoms with Crippen LogP contribution in [0.4, 0.5) is 0 Å². The molecule has 1 saturated carbocycles. The Balaban J connectivity index is 1.62. The average molecular weight is 384 g/mol. The number of carboxylic acids is 1. The van der Waals surface area contributed by atoms with Crippen LogP contribution in [0.25, 0.3) is 0 Å². The lowest BCUT2D eigenvalue weighted by Crippen LogP contribution is -2.54. The number of aliphatic carboxylic acids is 1. The lowest BCUT2D eigenvalue weighted by atomic mass is 9.86. The number of fused-ring (bicyclic) bond motifs is 1. The first-order valence-corrected chi connectivity index (χ1v) is 10.2. The van der Waals surface area contributed by atoms with E-state index in [4.69, 9.17) is 14.6 Å². The van der Waals surface area contributed by atoms with Crippen LogP contribution in [0.15, 0.2) is 23.1 Å². The molecule has 1 aliphatic carbocycles. The smallest absolute Gasteiger partial charge is 0.317 e. The van der Waals surface area contributed by atoms with Gasteiger partial charge in [-0.2, -0.15) is 0 Å². The molecule has 26 heavy (non-hydrogen) atoms. The number of nitrogens with one attached hydrogen (secondary N) is 1. The first-order valence-electron chi connectivity index (χ1n) is 8.77. The number of ether oxygens (including phenoxy) is 2. The largest absolute Gasteiger partial charge is 0.490 e. The fourth-order valence-corrected chi connectivity index (χ4v) is 4.53. The summed E-state index contributed by atoms with van der Waals surface area (Å²) < 4.78 is 39.0. The minimum atomic E-state index is -3.67. The van der Waals surface area contributed by atoms with E-state index in [1.807, 2.05) is 11.8 Å². The summed E-state index contributed by atoms with van der Waals surface area (Å²) in [6.07, 6.45) is 1.96. The van der Waals surface area contributed by atoms with Gasteiger partial charge in [0.25, 0.3) is 0 Å². The highest BCUT2D eigenvalue weighted by atomic mass is 32.2. The van der Waals surface area contributed by atoms with E-state index >= 15 is 0 Å². The fourth-order valence-electron chi connectivity index (χ4n) is 3.25. The first-order chi connectivity index (χ1) is 12.4. The van der Waals surface area contributed by atoms with Crippen molar-refractivity contribution in [2.45, 2.75) is 43.2 Å². The van der Waals surface area contributed by atoms with E-state index in [0.29, 0.717) is 44.1 Å². The van der Waals surface area contributed by atoms with Gasteiger partial charge < -0.3 is 14.6 Å². The number of benzene rings is 1. The van der Waals surface area contributed by atoms with E-state index in [1.54, 1.807) is 6.07 Å². The molecule has 0 aromatic heterocycles. The SMILES string of the molecule is CCN(CC(=O)O)C1CC(NS(=O)(=O)c2ccc3c(c2)OCCCO3)C1. The highest BCUT2D eigenvalue weighted by Crippen LogP contribution is 2.33. The van der Waals surface area contributed by atoms with E-state index in [9.17, 15) is 13.2 Å². The third-order valence-corrected chi connectivity index (χ3v) is 6.24. The van der Waals surface area contributed by atoms with E-state index in [1.165, 1.54) is 12.1 Å². The number of sulfonamides is 1. The number of carbonyl (C=O) groups is 1. The number of hydrogen-bond donors (Lipinski definition) is 2. The Labute approximate surface area is 153 Å². The normalized spacial score (nSPS) is 22.5. The zero-order valence-corrected chi connectivity index (χ0v) is 15.5. The average Bonchev–Trinajstić information content (AvgIpc) is 2.80. The van der Waals surface area contributed by atoms with Crippen LogP contribution >= 0.6 is 0 Å². The Bertz CT molecular complexity index is 761. The monoisotopic (exact) mass is 384 g/mol. The minimum Gasteiger partial charge on any atom is -0.490 e. The maximum absolute atomic E-state index is 12.6. The number of carboxylic acid groups (broad SMARTS) is 1. The summed E-state index contributed by atoms with van der Waals surface area (Å²) in [6, 6.07) is 4.51. The molecule has 0 radical (unpaired) electrons. The minimum absolute atomic E-state index is 0.0250. The molecule has 3 rings (SSSR count). The molecule has 0 amide bonds. The number of likely N-dealkylation sites (N-methyl/N-ethyl adjacent to an activating group) is 1. The zero-order chi connectivity index (χ0) is 18.7. The molecule has 2 aliphatic rings. The number of nitrogens with zero attached hydrogens (tertiary/aromatic N) is 1. The Hall–Kier alpha value is -1.84. The van der Waals surface area contributed by atoms with Gasteiger partial charge in [-0.1, -0.05) is 6.92 Å². The third-order valence-electron chi connectivity index (χ3n) is 4.73. The molecule has 144 valence electrons. The lowest BCUT2D eigenvalue weighted by Gasteiger charge is -2.42. The molecule has 9 heteroatoms. The van der Waals surface area contributed by atoms with Gasteiger partial charge in [0.2, 0.25) is 10.0 Å². The molecular weight excluding hydrogens is 360 g/mol. The van der Waals surface area contributed by atoms with Crippen LogP contribution in [-0.4, -0.2) is 62.8 Å². The van der Waals surface area contributed by atoms with Crippen molar-refractivity contribution < 1.29 is 27.8 Å². The van der Waals surface area contributed by atoms with Crippen molar-refractivity contribution in [2.24, 2.45) is 0 Å². The Kier molecular flexibility index (Phi) is 5.69. The predicted octanol–water partition coefficient (Wildman–Crippen LogP) is 1.06. The van der Waals surface area contributed by atoms with Crippen molar-refractivity contribution in [2.75, 3.05) is 26.3 Å². The molecule has 1 aromatic rings. The molecule has 1 aliphatic heterocycles. The van der Waals surface area contributed by atoms with Crippen molar-refractivity contribution in [3.63, 3.8) is 0 Å². The standard InChI is InChI=1S/C17H24N2O6S/c1-2-19(11-17(20)21)13-8-12(9-13)18-26(22,23)14-4-5-15-16(10-14)25-7-3-6-24-15/h4-5,10,12-13,18H,2-3,6-9,11H2,1H3,(H,20,21). The van der Waals surface area contributed by atoms with Crippen molar-refractivity contribution in [3.05, 3.63) is 18.2 Å². The summed E-state index contributed by atoms with van der Waals surface area (Å²) in [6.45, 7) is 3.54. The van der Waals surface area contributed by atoms with Gasteiger partial charge in [0.15, 0.2) is 11.5 Å². The molecule has 1 fully saturated rings. The van der Waals surface area contributed by atoms with Crippen molar-refractivity contribution in [1.82, 2.24) is 9.62 Å². The second kappa shape index (κ2) is 7.81. The maximum Gasteiger partial charge on any atom is 0.317 e. The van der Waals surface area contributed by atoms with E-state index in [0.717, 1.165) is 6.42 Å². The summed E-state index contributed by atoms with van der Waals surface area (Å²) in [5, 5.41) is 8.93. The van der Waals surface area contributed by atoms with Crippen LogP contribution in [-0.2, 0) is 14.8 Å². The summed E-state index contributed by atoms with van der Waals surface area (Å²) in [5.41, 5.74) is 0. The Morgan fingerprint density at radius 2 is 1.96 bits per heavy atom. The Morgan fingerprint density at radius 1 is 1.27 bits per heavy atom. The molecule has 0 bridgehead atoms. The lowest BCUT2D eigenvalue weighted by molar-refractivity contribution is -0.139. The van der Waals surface area contributed by atoms with Crippen molar-refractivity contribution in [3.8, 4) is 11.5 Å². The number of rotatable bonds is 7. The van der Waals surface area contributed by atoms with Crippen LogP contribution < -0.4 is 14.2 Å². The van der Waals surface area contributed by atoms with Crippen LogP contribution in [0.3, 0.4) is 0 Å². The summed E-state index contributed by atoms with van der Waals surface area (Å²) in [5.74, 6) is 0.121. The van der Waals surface area contributed by atoms with Crippen LogP contribution in [0.2, 0.25) is 0 Å². The van der Waals surface area contributed by atoms with E-state index < -0.39 is 16.0 Å². The first kappa shape index (κ1) is 18.9. The van der Waals surface area contributed by atoms with Crippen molar-refractivity contribution >= 4 is 16.0 Å². The van der Waals surface area contributed by atoms with Gasteiger partial charge in [0, 0.05) is 24.6 Å². The van der Waals surface area contributed by atoms with Crippen LogP contribution in [0.1, 0.15) is 26.2 Å². The van der Waals surface area contributed by atoms with Gasteiger partial charge in [-0.3, -0.25) is 9.69 Å². The zero-order valence-electron chi connectivity index (χ0n) is 14.7. The highest BCUT2D eigenvalue weighted by molar-refractivity contribution is 7.89. The van der Waals surface area contributed by atoms with Gasteiger partial charge in [-0.15, -0.1) is 0 Å². The van der Waals surface area contributed by atoms with Gasteiger partial charge >= 0.3 is 5.97 Å². The third kappa shape index (κ3) is 4.28. The van der Waals surface area contributed by atoms with Gasteiger partial charge in [-0.25, -0.2) is 13.1 Å². The topological polar surface area (TPSA) is 105 Å². The molecule has 1 heterocycles. The predicted molar refractivity (Wildman–Crippen MR) is 94.1 cm³/mol. The van der Waals surface area contributed by atoms with E-state index in [-0.39, 0.29) is 23.5 Å². The quantitative estimate of drug-likeness (QED) is 0.724. The molecule has 0 saturated heterocycles. The summed E-state index contributed by atoms with van der Waals surface area (Å²) in [4.78, 5) is 12.9. The van der Waals surface area contributed by atoms with Gasteiger partial charge in [0.1, 0.15) is 0 Å². The molecular formula is C17H24N2O6S. The van der Waals surface area contributed by atoms with Gasteiger partial charge in [-0.05, 0) is 31.5 Å². The van der Waals surface area contributed by atoms with E-state index in [2.05, 4.69) is 4.72 Å².